The van der Waals surface area contributed by atoms with Crippen LogP contribution in [-0.4, -0.2) is 11.8 Å². The molecule has 0 atom stereocenters. The molecule has 2 aromatic rings. The predicted octanol–water partition coefficient (Wildman–Crippen LogP) is 5.31. The fraction of sp³-hybridized carbons (Fsp3) is 0.300. The molecule has 0 spiro atoms. The lowest BCUT2D eigenvalue weighted by Crippen LogP contribution is -2.31. The Bertz CT molecular complexity index is 861. The van der Waals surface area contributed by atoms with Crippen molar-refractivity contribution in [1.29, 1.82) is 0 Å². The fourth-order valence-electron chi connectivity index (χ4n) is 3.27. The molecule has 0 aliphatic carbocycles. The molecular formula is C20H21NO2S2. The number of amides is 2. The quantitative estimate of drug-likeness (QED) is 0.567. The molecule has 0 saturated heterocycles. The number of hydrogen-bond donors (Lipinski definition) is 2. The van der Waals surface area contributed by atoms with E-state index in [2.05, 4.69) is 53.0 Å². The SMILES string of the molecule is CC(C)c1cccc(C(C)C)c1N1C(=O)c2ccc(S)c(S)c2C1=O. The third-order valence-electron chi connectivity index (χ3n) is 4.57. The van der Waals surface area contributed by atoms with E-state index in [4.69, 9.17) is 0 Å². The van der Waals surface area contributed by atoms with Crippen LogP contribution in [0.2, 0.25) is 0 Å². The molecule has 0 fully saturated rings. The highest BCUT2D eigenvalue weighted by molar-refractivity contribution is 7.83. The summed E-state index contributed by atoms with van der Waals surface area (Å²) in [6, 6.07) is 9.33. The van der Waals surface area contributed by atoms with Crippen LogP contribution < -0.4 is 4.90 Å². The molecule has 5 heteroatoms. The molecule has 130 valence electrons. The lowest BCUT2D eigenvalue weighted by molar-refractivity contribution is 0.0924. The van der Waals surface area contributed by atoms with E-state index in [1.54, 1.807) is 12.1 Å². The van der Waals surface area contributed by atoms with Crippen LogP contribution in [0.5, 0.6) is 0 Å². The van der Waals surface area contributed by atoms with Crippen LogP contribution in [0, 0.1) is 0 Å². The summed E-state index contributed by atoms with van der Waals surface area (Å²) in [4.78, 5) is 28.6. The largest absolute Gasteiger partial charge is 0.268 e. The number of para-hydroxylation sites is 1. The lowest BCUT2D eigenvalue weighted by atomic mass is 9.92. The van der Waals surface area contributed by atoms with Gasteiger partial charge in [-0.1, -0.05) is 45.9 Å². The highest BCUT2D eigenvalue weighted by atomic mass is 32.1. The van der Waals surface area contributed by atoms with Gasteiger partial charge in [0.05, 0.1) is 16.8 Å². The number of imide groups is 1. The average molecular weight is 372 g/mol. The second-order valence-electron chi connectivity index (χ2n) is 6.90. The Labute approximate surface area is 159 Å². The third kappa shape index (κ3) is 2.79. The number of anilines is 1. The normalized spacial score (nSPS) is 14.0. The van der Waals surface area contributed by atoms with Crippen LogP contribution in [0.25, 0.3) is 0 Å². The Balaban J connectivity index is 2.27. The van der Waals surface area contributed by atoms with Gasteiger partial charge in [0.15, 0.2) is 0 Å². The standard InChI is InChI=1S/C20H21NO2S2/c1-10(2)12-6-5-7-13(11(3)4)17(12)21-19(22)14-8-9-15(24)18(25)16(14)20(21)23/h5-11,24-25H,1-4H3. The highest BCUT2D eigenvalue weighted by Gasteiger charge is 2.40. The molecule has 25 heavy (non-hydrogen) atoms. The van der Waals surface area contributed by atoms with Crippen molar-refractivity contribution in [1.82, 2.24) is 0 Å². The second kappa shape index (κ2) is 6.54. The molecule has 0 saturated carbocycles. The third-order valence-corrected chi connectivity index (χ3v) is 5.59. The fourth-order valence-corrected chi connectivity index (χ4v) is 3.75. The average Bonchev–Trinajstić information content (AvgIpc) is 2.81. The van der Waals surface area contributed by atoms with Crippen LogP contribution in [0.4, 0.5) is 5.69 Å². The second-order valence-corrected chi connectivity index (χ2v) is 7.83. The number of benzene rings is 2. The van der Waals surface area contributed by atoms with Gasteiger partial charge in [-0.3, -0.25) is 9.59 Å². The van der Waals surface area contributed by atoms with Crippen LogP contribution in [0.1, 0.15) is 71.4 Å². The van der Waals surface area contributed by atoms with E-state index in [0.717, 1.165) is 11.1 Å². The maximum Gasteiger partial charge on any atom is 0.267 e. The van der Waals surface area contributed by atoms with Gasteiger partial charge in [0.1, 0.15) is 0 Å². The molecule has 0 N–H and O–H groups in total. The van der Waals surface area contributed by atoms with Gasteiger partial charge < -0.3 is 0 Å². The molecule has 2 aromatic carbocycles. The van der Waals surface area contributed by atoms with Gasteiger partial charge in [-0.2, -0.15) is 0 Å². The van der Waals surface area contributed by atoms with Gasteiger partial charge >= 0.3 is 0 Å². The van der Waals surface area contributed by atoms with Gasteiger partial charge in [0, 0.05) is 9.79 Å². The summed E-state index contributed by atoms with van der Waals surface area (Å²) in [6.07, 6.45) is 0. The summed E-state index contributed by atoms with van der Waals surface area (Å²) in [5, 5.41) is 0. The van der Waals surface area contributed by atoms with Crippen molar-refractivity contribution < 1.29 is 9.59 Å². The number of nitrogens with zero attached hydrogens (tertiary/aromatic N) is 1. The van der Waals surface area contributed by atoms with Crippen molar-refractivity contribution in [2.24, 2.45) is 0 Å². The van der Waals surface area contributed by atoms with Crippen molar-refractivity contribution >= 4 is 42.8 Å². The maximum absolute atomic E-state index is 13.2. The molecule has 0 bridgehead atoms. The Kier molecular flexibility index (Phi) is 4.73. The first-order chi connectivity index (χ1) is 11.8. The predicted molar refractivity (Wildman–Crippen MR) is 107 cm³/mol. The van der Waals surface area contributed by atoms with Crippen molar-refractivity contribution in [2.45, 2.75) is 49.3 Å². The van der Waals surface area contributed by atoms with Crippen LogP contribution in [0.15, 0.2) is 40.1 Å². The molecule has 1 heterocycles. The summed E-state index contributed by atoms with van der Waals surface area (Å²) in [5.74, 6) is -0.239. The number of rotatable bonds is 3. The Morgan fingerprint density at radius 1 is 0.840 bits per heavy atom. The first-order valence-corrected chi connectivity index (χ1v) is 9.21. The molecular weight excluding hydrogens is 350 g/mol. The zero-order valence-electron chi connectivity index (χ0n) is 14.7. The summed E-state index contributed by atoms with van der Waals surface area (Å²) in [5.41, 5.74) is 3.43. The van der Waals surface area contributed by atoms with E-state index >= 15 is 0 Å². The zero-order chi connectivity index (χ0) is 18.5. The van der Waals surface area contributed by atoms with E-state index < -0.39 is 0 Å². The topological polar surface area (TPSA) is 37.4 Å². The van der Waals surface area contributed by atoms with E-state index in [9.17, 15) is 9.59 Å². The maximum atomic E-state index is 13.2. The number of fused-ring (bicyclic) bond motifs is 1. The van der Waals surface area contributed by atoms with E-state index in [0.29, 0.717) is 26.6 Å². The molecule has 0 aromatic heterocycles. The van der Waals surface area contributed by atoms with Gasteiger partial charge in [-0.15, -0.1) is 25.3 Å². The number of carbonyl (C=O) groups is 2. The van der Waals surface area contributed by atoms with Gasteiger partial charge in [-0.25, -0.2) is 4.90 Å². The first-order valence-electron chi connectivity index (χ1n) is 8.32. The molecule has 3 nitrogen and oxygen atoms in total. The minimum atomic E-state index is -0.323. The minimum Gasteiger partial charge on any atom is -0.268 e. The Morgan fingerprint density at radius 2 is 1.40 bits per heavy atom. The lowest BCUT2D eigenvalue weighted by Gasteiger charge is -2.25. The van der Waals surface area contributed by atoms with E-state index in [1.807, 2.05) is 18.2 Å². The monoisotopic (exact) mass is 371 g/mol. The van der Waals surface area contributed by atoms with E-state index in [-0.39, 0.29) is 23.7 Å². The minimum absolute atomic E-state index is 0.189. The van der Waals surface area contributed by atoms with Crippen LogP contribution >= 0.6 is 25.3 Å². The molecule has 2 amide bonds. The summed E-state index contributed by atoms with van der Waals surface area (Å²) >= 11 is 8.74. The highest BCUT2D eigenvalue weighted by Crippen LogP contribution is 2.41. The van der Waals surface area contributed by atoms with E-state index in [1.165, 1.54) is 4.90 Å². The smallest absolute Gasteiger partial charge is 0.267 e. The number of thiol groups is 2. The molecule has 0 unspecified atom stereocenters. The molecule has 1 aliphatic heterocycles. The van der Waals surface area contributed by atoms with Crippen molar-refractivity contribution in [3.05, 3.63) is 52.6 Å². The van der Waals surface area contributed by atoms with Crippen LogP contribution in [-0.2, 0) is 0 Å². The molecule has 3 rings (SSSR count). The Morgan fingerprint density at radius 3 is 1.92 bits per heavy atom. The van der Waals surface area contributed by atoms with Gasteiger partial charge in [-0.05, 0) is 35.1 Å². The Hall–Kier alpha value is -1.72. The summed E-state index contributed by atoms with van der Waals surface area (Å²) < 4.78 is 0. The zero-order valence-corrected chi connectivity index (χ0v) is 16.5. The summed E-state index contributed by atoms with van der Waals surface area (Å²) in [6.45, 7) is 8.27. The van der Waals surface area contributed by atoms with Crippen LogP contribution in [0.3, 0.4) is 0 Å². The molecule has 1 aliphatic rings. The van der Waals surface area contributed by atoms with Gasteiger partial charge in [0.2, 0.25) is 0 Å². The first kappa shape index (κ1) is 18.1. The van der Waals surface area contributed by atoms with Crippen molar-refractivity contribution in [3.63, 3.8) is 0 Å². The van der Waals surface area contributed by atoms with Crippen molar-refractivity contribution in [3.8, 4) is 0 Å². The number of carbonyl (C=O) groups excluding carboxylic acids is 2. The van der Waals surface area contributed by atoms with Crippen molar-refractivity contribution in [2.75, 3.05) is 4.90 Å². The number of hydrogen-bond acceptors (Lipinski definition) is 4. The molecule has 0 radical (unpaired) electrons. The summed E-state index contributed by atoms with van der Waals surface area (Å²) in [7, 11) is 0. The van der Waals surface area contributed by atoms with Gasteiger partial charge in [0.25, 0.3) is 11.8 Å².